The zero-order valence-electron chi connectivity index (χ0n) is 8.03. The van der Waals surface area contributed by atoms with Gasteiger partial charge in [-0.2, -0.15) is 5.26 Å². The van der Waals surface area contributed by atoms with Gasteiger partial charge in [-0.1, -0.05) is 12.1 Å². The number of hydrogen-bond donors (Lipinski definition) is 0. The van der Waals surface area contributed by atoms with E-state index in [1.54, 1.807) is 19.2 Å². The summed E-state index contributed by atoms with van der Waals surface area (Å²) >= 11 is 0. The molecule has 0 saturated heterocycles. The van der Waals surface area contributed by atoms with Crippen LogP contribution in [0.1, 0.15) is 24.5 Å². The zero-order valence-corrected chi connectivity index (χ0v) is 8.03. The fourth-order valence-corrected chi connectivity index (χ4v) is 1.29. The highest BCUT2D eigenvalue weighted by atomic mass is 19.1. The van der Waals surface area contributed by atoms with Gasteiger partial charge in [-0.3, -0.25) is 0 Å². The number of nitriles is 1. The second-order valence-corrected chi connectivity index (χ2v) is 2.97. The average Bonchev–Trinajstić information content (AvgIpc) is 2.21. The van der Waals surface area contributed by atoms with Crippen molar-refractivity contribution in [2.24, 2.45) is 0 Å². The molecule has 0 aliphatic heterocycles. The number of ether oxygens (including phenoxy) is 1. The molecular formula is C11H12FNO. The third-order valence-corrected chi connectivity index (χ3v) is 2.04. The molecule has 0 bridgehead atoms. The summed E-state index contributed by atoms with van der Waals surface area (Å²) in [7, 11) is 1.59. The van der Waals surface area contributed by atoms with Crippen molar-refractivity contribution in [1.29, 1.82) is 5.26 Å². The largest absolute Gasteiger partial charge is 0.377 e. The van der Waals surface area contributed by atoms with Gasteiger partial charge in [0.15, 0.2) is 0 Å². The van der Waals surface area contributed by atoms with E-state index in [1.807, 2.05) is 0 Å². The SMILES string of the molecule is COC(CCC#N)c1ccc(F)cc1. The molecule has 0 aliphatic rings. The molecule has 2 nitrogen and oxygen atoms in total. The lowest BCUT2D eigenvalue weighted by molar-refractivity contribution is 0.0969. The average molecular weight is 193 g/mol. The maximum Gasteiger partial charge on any atom is 0.123 e. The minimum Gasteiger partial charge on any atom is -0.377 e. The standard InChI is InChI=1S/C11H12FNO/c1-14-11(3-2-8-13)9-4-6-10(12)7-5-9/h4-7,11H,2-3H2,1H3. The number of methoxy groups -OCH3 is 1. The van der Waals surface area contributed by atoms with E-state index in [4.69, 9.17) is 10.00 Å². The van der Waals surface area contributed by atoms with E-state index in [9.17, 15) is 4.39 Å². The van der Waals surface area contributed by atoms with E-state index in [0.717, 1.165) is 5.56 Å². The van der Waals surface area contributed by atoms with Gasteiger partial charge in [-0.25, -0.2) is 4.39 Å². The maximum atomic E-state index is 12.6. The first-order chi connectivity index (χ1) is 6.77. The Labute approximate surface area is 82.9 Å². The second kappa shape index (κ2) is 5.36. The fourth-order valence-electron chi connectivity index (χ4n) is 1.29. The summed E-state index contributed by atoms with van der Waals surface area (Å²) in [6, 6.07) is 8.22. The van der Waals surface area contributed by atoms with Crippen molar-refractivity contribution in [2.45, 2.75) is 18.9 Å². The molecule has 0 N–H and O–H groups in total. The van der Waals surface area contributed by atoms with E-state index in [0.29, 0.717) is 12.8 Å². The van der Waals surface area contributed by atoms with Gasteiger partial charge in [0.25, 0.3) is 0 Å². The van der Waals surface area contributed by atoms with Gasteiger partial charge >= 0.3 is 0 Å². The van der Waals surface area contributed by atoms with Crippen molar-refractivity contribution in [2.75, 3.05) is 7.11 Å². The van der Waals surface area contributed by atoms with Gasteiger partial charge in [0.1, 0.15) is 5.82 Å². The molecule has 74 valence electrons. The lowest BCUT2D eigenvalue weighted by atomic mass is 10.1. The highest BCUT2D eigenvalue weighted by molar-refractivity contribution is 5.18. The van der Waals surface area contributed by atoms with E-state index in [1.165, 1.54) is 12.1 Å². The molecule has 0 heterocycles. The van der Waals surface area contributed by atoms with Crippen LogP contribution in [0.4, 0.5) is 4.39 Å². The summed E-state index contributed by atoms with van der Waals surface area (Å²) < 4.78 is 17.8. The van der Waals surface area contributed by atoms with Gasteiger partial charge in [0.05, 0.1) is 12.2 Å². The molecule has 0 saturated carbocycles. The van der Waals surface area contributed by atoms with Gasteiger partial charge < -0.3 is 4.74 Å². The summed E-state index contributed by atoms with van der Waals surface area (Å²) in [5.74, 6) is -0.260. The van der Waals surface area contributed by atoms with Crippen molar-refractivity contribution in [3.8, 4) is 6.07 Å². The number of rotatable bonds is 4. The highest BCUT2D eigenvalue weighted by Crippen LogP contribution is 2.21. The first kappa shape index (κ1) is 10.7. The van der Waals surface area contributed by atoms with Crippen molar-refractivity contribution < 1.29 is 9.13 Å². The van der Waals surface area contributed by atoms with Crippen LogP contribution in [-0.2, 0) is 4.74 Å². The molecule has 0 aromatic heterocycles. The number of benzene rings is 1. The molecule has 0 amide bonds. The van der Waals surface area contributed by atoms with E-state index in [-0.39, 0.29) is 11.9 Å². The van der Waals surface area contributed by atoms with E-state index >= 15 is 0 Å². The van der Waals surface area contributed by atoms with Crippen LogP contribution in [-0.4, -0.2) is 7.11 Å². The first-order valence-electron chi connectivity index (χ1n) is 4.43. The molecule has 1 unspecified atom stereocenters. The van der Waals surface area contributed by atoms with Crippen LogP contribution in [0, 0.1) is 17.1 Å². The van der Waals surface area contributed by atoms with Crippen LogP contribution in [0.15, 0.2) is 24.3 Å². The Morgan fingerprint density at radius 3 is 2.57 bits per heavy atom. The van der Waals surface area contributed by atoms with Crippen LogP contribution in [0.2, 0.25) is 0 Å². The molecule has 0 radical (unpaired) electrons. The van der Waals surface area contributed by atoms with E-state index in [2.05, 4.69) is 6.07 Å². The normalized spacial score (nSPS) is 12.1. The first-order valence-corrected chi connectivity index (χ1v) is 4.43. The Balaban J connectivity index is 2.69. The Kier molecular flexibility index (Phi) is 4.09. The molecular weight excluding hydrogens is 181 g/mol. The van der Waals surface area contributed by atoms with Gasteiger partial charge in [-0.15, -0.1) is 0 Å². The zero-order chi connectivity index (χ0) is 10.4. The van der Waals surface area contributed by atoms with Crippen LogP contribution < -0.4 is 0 Å². The number of hydrogen-bond acceptors (Lipinski definition) is 2. The minimum atomic E-state index is -0.260. The Hall–Kier alpha value is -1.40. The molecule has 1 rings (SSSR count). The second-order valence-electron chi connectivity index (χ2n) is 2.97. The topological polar surface area (TPSA) is 33.0 Å². The van der Waals surface area contributed by atoms with Crippen LogP contribution in [0.25, 0.3) is 0 Å². The molecule has 1 atom stereocenters. The number of nitrogens with zero attached hydrogens (tertiary/aromatic N) is 1. The summed E-state index contributed by atoms with van der Waals surface area (Å²) in [6.07, 6.45) is 0.962. The summed E-state index contributed by atoms with van der Waals surface area (Å²) in [5.41, 5.74) is 0.907. The van der Waals surface area contributed by atoms with Gasteiger partial charge in [0, 0.05) is 13.5 Å². The van der Waals surface area contributed by atoms with Crippen LogP contribution >= 0.6 is 0 Å². The molecule has 14 heavy (non-hydrogen) atoms. The third-order valence-electron chi connectivity index (χ3n) is 2.04. The van der Waals surface area contributed by atoms with Crippen LogP contribution in [0.5, 0.6) is 0 Å². The lowest BCUT2D eigenvalue weighted by Gasteiger charge is -2.13. The molecule has 1 aromatic carbocycles. The fraction of sp³-hybridized carbons (Fsp3) is 0.364. The third kappa shape index (κ3) is 2.82. The maximum absolute atomic E-state index is 12.6. The molecule has 0 spiro atoms. The smallest absolute Gasteiger partial charge is 0.123 e. The molecule has 3 heteroatoms. The predicted molar refractivity (Wildman–Crippen MR) is 51.0 cm³/mol. The Morgan fingerprint density at radius 1 is 1.43 bits per heavy atom. The minimum absolute atomic E-state index is 0.116. The molecule has 1 aromatic rings. The number of halogens is 1. The summed E-state index contributed by atoms with van der Waals surface area (Å²) in [5, 5.41) is 8.44. The Bertz CT molecular complexity index is 315. The summed E-state index contributed by atoms with van der Waals surface area (Å²) in [6.45, 7) is 0. The van der Waals surface area contributed by atoms with Crippen molar-refractivity contribution in [1.82, 2.24) is 0 Å². The quantitative estimate of drug-likeness (QED) is 0.736. The highest BCUT2D eigenvalue weighted by Gasteiger charge is 2.09. The summed E-state index contributed by atoms with van der Waals surface area (Å²) in [4.78, 5) is 0. The van der Waals surface area contributed by atoms with Crippen LogP contribution in [0.3, 0.4) is 0 Å². The Morgan fingerprint density at radius 2 is 2.07 bits per heavy atom. The van der Waals surface area contributed by atoms with Crippen molar-refractivity contribution in [3.63, 3.8) is 0 Å². The van der Waals surface area contributed by atoms with Crippen molar-refractivity contribution in [3.05, 3.63) is 35.6 Å². The molecule has 0 fully saturated rings. The van der Waals surface area contributed by atoms with Crippen molar-refractivity contribution >= 4 is 0 Å². The van der Waals surface area contributed by atoms with E-state index < -0.39 is 0 Å². The molecule has 0 aliphatic carbocycles. The lowest BCUT2D eigenvalue weighted by Crippen LogP contribution is -2.00. The predicted octanol–water partition coefficient (Wildman–Crippen LogP) is 2.82. The van der Waals surface area contributed by atoms with Gasteiger partial charge in [0.2, 0.25) is 0 Å². The monoisotopic (exact) mass is 193 g/mol. The van der Waals surface area contributed by atoms with Gasteiger partial charge in [-0.05, 0) is 24.1 Å².